The zero-order chi connectivity index (χ0) is 30.3. The highest BCUT2D eigenvalue weighted by molar-refractivity contribution is 5.95. The number of carbonyl (C=O) groups is 1. The van der Waals surface area contributed by atoms with E-state index in [4.69, 9.17) is 19.9 Å². The summed E-state index contributed by atoms with van der Waals surface area (Å²) in [6, 6.07) is 22.9. The third-order valence-corrected chi connectivity index (χ3v) is 7.54. The molecule has 3 aromatic carbocycles. The summed E-state index contributed by atoms with van der Waals surface area (Å²) in [5.41, 5.74) is 9.43. The average molecular weight is 576 g/mol. The SMILES string of the molecule is CCC(CC)Oc1cc(OC(CC)CC)cc(C(=O)N[C@@H](Cc2ccccc2)C(N)CNCc2cccc(OC)c2)c1. The standard InChI is InChI=1S/C35H49N3O4/c1-6-28(7-2)41-31-20-27(21-32(22-31)42-29(8-3)9-4)35(39)38-34(19-25-14-11-10-12-15-25)33(36)24-37-23-26-16-13-17-30(18-26)40-5/h10-18,20-22,28-29,33-34,37H,6-9,19,23-24,36H2,1-5H3,(H,38,39)/t33?,34-/m0/s1. The first-order valence-corrected chi connectivity index (χ1v) is 15.3. The second-order valence-electron chi connectivity index (χ2n) is 10.7. The van der Waals surface area contributed by atoms with Gasteiger partial charge >= 0.3 is 0 Å². The van der Waals surface area contributed by atoms with Crippen molar-refractivity contribution in [3.8, 4) is 17.2 Å². The summed E-state index contributed by atoms with van der Waals surface area (Å²) in [4.78, 5) is 13.8. The molecule has 3 rings (SSSR count). The van der Waals surface area contributed by atoms with Crippen molar-refractivity contribution in [3.05, 3.63) is 89.5 Å². The fraction of sp³-hybridized carbons (Fsp3) is 0.457. The number of hydrogen-bond donors (Lipinski definition) is 3. The predicted octanol–water partition coefficient (Wildman–Crippen LogP) is 6.29. The van der Waals surface area contributed by atoms with Crippen LogP contribution in [0.15, 0.2) is 72.8 Å². The molecule has 2 atom stereocenters. The van der Waals surface area contributed by atoms with E-state index in [2.05, 4.69) is 50.5 Å². The Kier molecular flexibility index (Phi) is 13.7. The fourth-order valence-electron chi connectivity index (χ4n) is 4.87. The van der Waals surface area contributed by atoms with Crippen molar-refractivity contribution in [1.29, 1.82) is 0 Å². The van der Waals surface area contributed by atoms with Crippen LogP contribution in [0, 0.1) is 0 Å². The largest absolute Gasteiger partial charge is 0.497 e. The van der Waals surface area contributed by atoms with Crippen molar-refractivity contribution in [2.75, 3.05) is 13.7 Å². The van der Waals surface area contributed by atoms with Gasteiger partial charge in [-0.2, -0.15) is 0 Å². The van der Waals surface area contributed by atoms with Crippen LogP contribution < -0.4 is 30.6 Å². The van der Waals surface area contributed by atoms with Gasteiger partial charge in [0, 0.05) is 36.8 Å². The molecule has 0 aromatic heterocycles. The highest BCUT2D eigenvalue weighted by atomic mass is 16.5. The lowest BCUT2D eigenvalue weighted by molar-refractivity contribution is 0.0928. The molecule has 0 aliphatic carbocycles. The van der Waals surface area contributed by atoms with Gasteiger partial charge in [-0.3, -0.25) is 4.79 Å². The van der Waals surface area contributed by atoms with Gasteiger partial charge in [0.1, 0.15) is 17.2 Å². The van der Waals surface area contributed by atoms with Gasteiger partial charge in [-0.1, -0.05) is 70.2 Å². The Labute approximate surface area is 252 Å². The molecule has 0 saturated carbocycles. The monoisotopic (exact) mass is 575 g/mol. The predicted molar refractivity (Wildman–Crippen MR) is 171 cm³/mol. The van der Waals surface area contributed by atoms with Crippen LogP contribution in [0.1, 0.15) is 74.9 Å². The Hall–Kier alpha value is -3.55. The first kappa shape index (κ1) is 33.0. The number of rotatable bonds is 18. The zero-order valence-corrected chi connectivity index (χ0v) is 25.9. The molecule has 7 heteroatoms. The number of ether oxygens (including phenoxy) is 3. The van der Waals surface area contributed by atoms with Crippen LogP contribution in [0.5, 0.6) is 17.2 Å². The molecular formula is C35H49N3O4. The molecule has 0 radical (unpaired) electrons. The first-order valence-electron chi connectivity index (χ1n) is 15.3. The van der Waals surface area contributed by atoms with Gasteiger partial charge in [-0.05, 0) is 67.5 Å². The Morgan fingerprint density at radius 1 is 0.762 bits per heavy atom. The first-order chi connectivity index (χ1) is 20.4. The summed E-state index contributed by atoms with van der Waals surface area (Å²) in [5.74, 6) is 1.89. The fourth-order valence-corrected chi connectivity index (χ4v) is 4.87. The molecule has 0 aliphatic rings. The van der Waals surface area contributed by atoms with Gasteiger partial charge in [0.25, 0.3) is 5.91 Å². The quantitative estimate of drug-likeness (QED) is 0.165. The van der Waals surface area contributed by atoms with E-state index >= 15 is 0 Å². The van der Waals surface area contributed by atoms with E-state index in [0.717, 1.165) is 42.6 Å². The van der Waals surface area contributed by atoms with Crippen LogP contribution >= 0.6 is 0 Å². The van der Waals surface area contributed by atoms with Gasteiger partial charge in [0.05, 0.1) is 19.3 Å². The van der Waals surface area contributed by atoms with Crippen LogP contribution in [0.25, 0.3) is 0 Å². The van der Waals surface area contributed by atoms with Gasteiger partial charge in [0.2, 0.25) is 0 Å². The molecular weight excluding hydrogens is 526 g/mol. The third-order valence-electron chi connectivity index (χ3n) is 7.54. The number of benzene rings is 3. The Balaban J connectivity index is 1.80. The van der Waals surface area contributed by atoms with Crippen LogP contribution in [0.4, 0.5) is 0 Å². The molecule has 42 heavy (non-hydrogen) atoms. The van der Waals surface area contributed by atoms with Gasteiger partial charge in [-0.15, -0.1) is 0 Å². The number of hydrogen-bond acceptors (Lipinski definition) is 6. The lowest BCUT2D eigenvalue weighted by Gasteiger charge is -2.26. The van der Waals surface area contributed by atoms with E-state index in [1.54, 1.807) is 19.2 Å². The van der Waals surface area contributed by atoms with Crippen molar-refractivity contribution in [1.82, 2.24) is 10.6 Å². The molecule has 4 N–H and O–H groups in total. The summed E-state index contributed by atoms with van der Waals surface area (Å²) < 4.78 is 17.8. The summed E-state index contributed by atoms with van der Waals surface area (Å²) in [6.07, 6.45) is 4.27. The zero-order valence-electron chi connectivity index (χ0n) is 25.9. The molecule has 1 unspecified atom stereocenters. The minimum Gasteiger partial charge on any atom is -0.497 e. The summed E-state index contributed by atoms with van der Waals surface area (Å²) in [5, 5.41) is 6.68. The van der Waals surface area contributed by atoms with Crippen LogP contribution in [-0.2, 0) is 13.0 Å². The second kappa shape index (κ2) is 17.4. The number of amides is 1. The molecule has 228 valence electrons. The highest BCUT2D eigenvalue weighted by Gasteiger charge is 2.23. The molecule has 0 heterocycles. The summed E-state index contributed by atoms with van der Waals surface area (Å²) in [7, 11) is 1.66. The maximum Gasteiger partial charge on any atom is 0.251 e. The normalized spacial score (nSPS) is 12.7. The second-order valence-corrected chi connectivity index (χ2v) is 10.7. The third kappa shape index (κ3) is 10.4. The molecule has 0 fully saturated rings. The topological polar surface area (TPSA) is 94.8 Å². The highest BCUT2D eigenvalue weighted by Crippen LogP contribution is 2.27. The number of nitrogens with two attached hydrogens (primary N) is 1. The summed E-state index contributed by atoms with van der Waals surface area (Å²) >= 11 is 0. The molecule has 1 amide bonds. The van der Waals surface area contributed by atoms with Crippen molar-refractivity contribution in [3.63, 3.8) is 0 Å². The molecule has 0 aliphatic heterocycles. The van der Waals surface area contributed by atoms with Crippen molar-refractivity contribution < 1.29 is 19.0 Å². The van der Waals surface area contributed by atoms with Gasteiger partial charge in [-0.25, -0.2) is 0 Å². The van der Waals surface area contributed by atoms with Gasteiger partial charge < -0.3 is 30.6 Å². The minimum absolute atomic E-state index is 0.0687. The molecule has 0 bridgehead atoms. The molecule has 3 aromatic rings. The van der Waals surface area contributed by atoms with Crippen molar-refractivity contribution in [2.24, 2.45) is 5.73 Å². The van der Waals surface area contributed by atoms with Crippen molar-refractivity contribution in [2.45, 2.75) is 90.6 Å². The molecule has 0 saturated heterocycles. The van der Waals surface area contributed by atoms with E-state index in [9.17, 15) is 4.79 Å². The molecule has 7 nitrogen and oxygen atoms in total. The van der Waals surface area contributed by atoms with E-state index in [0.29, 0.717) is 36.6 Å². The van der Waals surface area contributed by atoms with E-state index in [-0.39, 0.29) is 30.2 Å². The maximum atomic E-state index is 13.8. The number of methoxy groups -OCH3 is 1. The Morgan fingerprint density at radius 2 is 1.36 bits per heavy atom. The minimum atomic E-state index is -0.330. The maximum absolute atomic E-state index is 13.8. The van der Waals surface area contributed by atoms with Crippen molar-refractivity contribution >= 4 is 5.91 Å². The Morgan fingerprint density at radius 3 is 1.93 bits per heavy atom. The number of carbonyl (C=O) groups excluding carboxylic acids is 1. The van der Waals surface area contributed by atoms with Gasteiger partial charge in [0.15, 0.2) is 0 Å². The average Bonchev–Trinajstić information content (AvgIpc) is 3.02. The van der Waals surface area contributed by atoms with Crippen LogP contribution in [0.3, 0.4) is 0 Å². The van der Waals surface area contributed by atoms with Crippen LogP contribution in [-0.4, -0.2) is 43.9 Å². The van der Waals surface area contributed by atoms with E-state index in [1.807, 2.05) is 48.5 Å². The Bertz CT molecular complexity index is 1180. The van der Waals surface area contributed by atoms with E-state index in [1.165, 1.54) is 0 Å². The molecule has 0 spiro atoms. The lowest BCUT2D eigenvalue weighted by Crippen LogP contribution is -2.53. The number of nitrogens with one attached hydrogen (secondary N) is 2. The van der Waals surface area contributed by atoms with Crippen LogP contribution in [0.2, 0.25) is 0 Å². The summed E-state index contributed by atoms with van der Waals surface area (Å²) in [6.45, 7) is 9.57. The smallest absolute Gasteiger partial charge is 0.251 e. The lowest BCUT2D eigenvalue weighted by atomic mass is 9.99. The van der Waals surface area contributed by atoms with E-state index < -0.39 is 0 Å².